The van der Waals surface area contributed by atoms with Crippen LogP contribution in [0.5, 0.6) is 5.75 Å². The van der Waals surface area contributed by atoms with E-state index in [1.165, 1.54) is 0 Å². The smallest absolute Gasteiger partial charge is 0.277 e. The maximum Gasteiger partial charge on any atom is 0.277 e. The van der Waals surface area contributed by atoms with E-state index in [9.17, 15) is 13.2 Å². The Morgan fingerprint density at radius 2 is 2.25 bits per heavy atom. The first kappa shape index (κ1) is 12.7. The Morgan fingerprint density at radius 3 is 3.03 bits per heavy atom. The lowest BCUT2D eigenvalue weighted by Crippen LogP contribution is -2.31. The molecule has 0 aliphatic carbocycles. The van der Waals surface area contributed by atoms with Crippen LogP contribution in [0.4, 0.5) is 0 Å². The third-order valence-corrected chi connectivity index (χ3v) is 6.74. The summed E-state index contributed by atoms with van der Waals surface area (Å²) in [5.74, 6) is -0.666. The molecule has 0 saturated carbocycles. The molecule has 1 fully saturated rings. The second-order valence-electron chi connectivity index (χ2n) is 7.91. The van der Waals surface area contributed by atoms with Crippen LogP contribution in [0.3, 0.4) is 0 Å². The number of fused-ring (bicyclic) bond motifs is 1. The summed E-state index contributed by atoms with van der Waals surface area (Å²) in [7, 11) is -4.80. The minimum absolute atomic E-state index is 0.00753. The van der Waals surface area contributed by atoms with E-state index in [2.05, 4.69) is 15.1 Å². The van der Waals surface area contributed by atoms with Gasteiger partial charge in [0.15, 0.2) is 5.52 Å². The van der Waals surface area contributed by atoms with Gasteiger partial charge in [0.25, 0.3) is 5.56 Å². The first-order valence-electron chi connectivity index (χ1n) is 19.1. The molecule has 0 bridgehead atoms. The molecular weight excluding hydrogens is 480 g/mol. The van der Waals surface area contributed by atoms with Crippen molar-refractivity contribution in [3.05, 3.63) is 34.2 Å². The van der Waals surface area contributed by atoms with E-state index in [0.29, 0.717) is 12.8 Å². The highest BCUT2D eigenvalue weighted by Gasteiger charge is 2.23. The lowest BCUT2D eigenvalue weighted by molar-refractivity contribution is 0.297. The van der Waals surface area contributed by atoms with Gasteiger partial charge in [0.1, 0.15) is 17.1 Å². The summed E-state index contributed by atoms with van der Waals surface area (Å²) in [6.07, 6.45) is -9.19. The van der Waals surface area contributed by atoms with Gasteiger partial charge in [-0.25, -0.2) is 18.1 Å². The van der Waals surface area contributed by atoms with Crippen LogP contribution in [0, 0.1) is 0 Å². The lowest BCUT2D eigenvalue weighted by Gasteiger charge is -2.19. The van der Waals surface area contributed by atoms with Crippen LogP contribution in [0.15, 0.2) is 27.9 Å². The SMILES string of the molecule is [2H]C(NS(=O)(=O)c1ccc(OCCC)c(-c2nc3c(C([2H])([2H])C([2H])([2H])C([2H])([2H])[2H])nn(C([2H])([2H])[2H])c3c(=O)[nH]2)c1)C([2H])([2H])C1CCCN1C([2H])([2H])[2H]. The first-order chi connectivity index (χ1) is 23.5. The molecule has 1 aromatic carbocycles. The average Bonchev–Trinajstić information content (AvgIpc) is 3.66. The predicted molar refractivity (Wildman–Crippen MR) is 140 cm³/mol. The van der Waals surface area contributed by atoms with Crippen LogP contribution >= 0.6 is 0 Å². The van der Waals surface area contributed by atoms with E-state index in [-0.39, 0.29) is 35.6 Å². The fourth-order valence-electron chi connectivity index (χ4n) is 3.71. The van der Waals surface area contributed by atoms with Crippen LogP contribution in [0.1, 0.15) is 73.4 Å². The van der Waals surface area contributed by atoms with Gasteiger partial charge in [0, 0.05) is 41.5 Å². The quantitative estimate of drug-likeness (QED) is 0.389. The lowest BCUT2D eigenvalue weighted by atomic mass is 10.1. The number of likely N-dealkylation sites (tertiary alicyclic amines) is 1. The number of nitrogens with zero attached hydrogens (tertiary/aromatic N) is 4. The molecule has 10 nitrogen and oxygen atoms in total. The van der Waals surface area contributed by atoms with Crippen molar-refractivity contribution in [1.29, 1.82) is 0 Å². The third kappa shape index (κ3) is 5.47. The summed E-state index contributed by atoms with van der Waals surface area (Å²) >= 11 is 0. The zero-order valence-electron chi connectivity index (χ0n) is 35.3. The maximum atomic E-state index is 13.6. The number of hydrogen-bond acceptors (Lipinski definition) is 7. The molecule has 1 aliphatic rings. The van der Waals surface area contributed by atoms with E-state index in [1.807, 2.05) is 4.72 Å². The number of H-pyrrole nitrogens is 1. The van der Waals surface area contributed by atoms with Crippen molar-refractivity contribution in [2.75, 3.05) is 26.6 Å². The van der Waals surface area contributed by atoms with Crippen molar-refractivity contribution in [2.45, 2.75) is 63.1 Å². The Labute approximate surface area is 234 Å². The number of sulfonamides is 1. The Hall–Kier alpha value is -2.76. The summed E-state index contributed by atoms with van der Waals surface area (Å²) < 4.78 is 163. The van der Waals surface area contributed by atoms with E-state index in [4.69, 9.17) is 26.7 Å². The van der Waals surface area contributed by atoms with E-state index in [1.54, 1.807) is 6.92 Å². The molecule has 2 unspecified atom stereocenters. The molecule has 11 heteroatoms. The fourth-order valence-corrected chi connectivity index (χ4v) is 4.59. The Balaban J connectivity index is 1.90. The van der Waals surface area contributed by atoms with Crippen LogP contribution < -0.4 is 15.0 Å². The summed E-state index contributed by atoms with van der Waals surface area (Å²) in [5, 5.41) is 3.62. The van der Waals surface area contributed by atoms with Crippen LogP contribution in [0.2, 0.25) is 0 Å². The minimum Gasteiger partial charge on any atom is -0.493 e. The van der Waals surface area contributed by atoms with Crippen LogP contribution in [-0.2, 0) is 23.4 Å². The summed E-state index contributed by atoms with van der Waals surface area (Å²) in [4.78, 5) is 20.2. The molecule has 196 valence electrons. The van der Waals surface area contributed by atoms with Crippen LogP contribution in [0.25, 0.3) is 22.4 Å². The minimum atomic E-state index is -4.80. The van der Waals surface area contributed by atoms with Gasteiger partial charge in [-0.05, 0) is 63.7 Å². The Kier molecular flexibility index (Phi) is 3.90. The molecule has 0 radical (unpaired) electrons. The molecule has 3 aromatic rings. The van der Waals surface area contributed by atoms with Gasteiger partial charge in [-0.2, -0.15) is 5.10 Å². The second-order valence-corrected chi connectivity index (χ2v) is 9.63. The molecule has 1 saturated heterocycles. The predicted octanol–water partition coefficient (Wildman–Crippen LogP) is 2.83. The molecule has 0 spiro atoms. The molecule has 0 amide bonds. The number of hydrogen-bond donors (Lipinski definition) is 2. The van der Waals surface area contributed by atoms with Crippen molar-refractivity contribution in [1.82, 2.24) is 29.4 Å². The van der Waals surface area contributed by atoms with Gasteiger partial charge in [-0.3, -0.25) is 9.48 Å². The maximum absolute atomic E-state index is 13.6. The molecule has 2 aromatic heterocycles. The van der Waals surface area contributed by atoms with Gasteiger partial charge in [0.05, 0.1) is 22.8 Å². The third-order valence-electron chi connectivity index (χ3n) is 5.43. The van der Waals surface area contributed by atoms with Crippen molar-refractivity contribution in [3.63, 3.8) is 0 Å². The number of benzene rings is 1. The van der Waals surface area contributed by atoms with E-state index < -0.39 is 95.5 Å². The van der Waals surface area contributed by atoms with Crippen molar-refractivity contribution >= 4 is 21.1 Å². The molecular formula is C25H36N6O4S. The number of aromatic nitrogens is 4. The first-order valence-corrected chi connectivity index (χ1v) is 12.5. The summed E-state index contributed by atoms with van der Waals surface area (Å²) in [5.41, 5.74) is -4.43. The molecule has 2 atom stereocenters. The number of rotatable bonds is 11. The zero-order chi connectivity index (χ0) is 39.6. The standard InChI is InChI=1S/C25H36N6O4S/c1-5-8-20-22-23(31(4)29-20)25(32)28-24(27-22)19-16-18(10-11-21(19)35-15-6-2)36(33,34)26-13-12-17-9-7-14-30(17)3/h10-11,16-17,26H,5-9,12-15H2,1-4H3,(H,27,28,32)/i1D3,3D3,4D3,5D2,8D2,12D2,13D. The largest absolute Gasteiger partial charge is 0.493 e. The molecule has 2 N–H and O–H groups in total. The Bertz CT molecular complexity index is 1970. The molecule has 4 rings (SSSR count). The topological polar surface area (TPSA) is 122 Å². The highest BCUT2D eigenvalue weighted by molar-refractivity contribution is 7.89. The van der Waals surface area contributed by atoms with E-state index >= 15 is 0 Å². The average molecular weight is 533 g/mol. The van der Waals surface area contributed by atoms with Gasteiger partial charge in [-0.15, -0.1) is 0 Å². The Morgan fingerprint density at radius 1 is 1.36 bits per heavy atom. The zero-order valence-corrected chi connectivity index (χ0v) is 20.1. The van der Waals surface area contributed by atoms with Gasteiger partial charge < -0.3 is 14.6 Å². The number of ether oxygens (including phenoxy) is 1. The monoisotopic (exact) mass is 532 g/mol. The second kappa shape index (κ2) is 11.1. The molecule has 3 heterocycles. The summed E-state index contributed by atoms with van der Waals surface area (Å²) in [6, 6.07) is 1.76. The normalized spacial score (nSPS) is 26.4. The van der Waals surface area contributed by atoms with Crippen molar-refractivity contribution in [3.8, 4) is 17.1 Å². The summed E-state index contributed by atoms with van der Waals surface area (Å²) in [6.45, 7) is -9.98. The fraction of sp³-hybridized carbons (Fsp3) is 0.560. The number of nitrogens with one attached hydrogen (secondary N) is 2. The molecule has 1 aliphatic heterocycles. The van der Waals surface area contributed by atoms with Gasteiger partial charge in [0.2, 0.25) is 10.0 Å². The van der Waals surface area contributed by atoms with Gasteiger partial charge >= 0.3 is 0 Å². The van der Waals surface area contributed by atoms with Gasteiger partial charge in [-0.1, -0.05) is 20.1 Å². The number of aromatic amines is 1. The number of aryl methyl sites for hydroxylation is 2. The van der Waals surface area contributed by atoms with Crippen LogP contribution in [-0.4, -0.2) is 65.8 Å². The molecule has 36 heavy (non-hydrogen) atoms. The van der Waals surface area contributed by atoms with E-state index in [0.717, 1.165) is 23.1 Å². The highest BCUT2D eigenvalue weighted by Crippen LogP contribution is 2.31. The van der Waals surface area contributed by atoms with Crippen molar-refractivity contribution in [2.24, 2.45) is 6.98 Å². The highest BCUT2D eigenvalue weighted by atomic mass is 32.2. The van der Waals surface area contributed by atoms with Crippen molar-refractivity contribution < 1.29 is 35.1 Å².